The predicted molar refractivity (Wildman–Crippen MR) is 124 cm³/mol. The van der Waals surface area contributed by atoms with Gasteiger partial charge in [0.1, 0.15) is 0 Å². The normalized spacial score (nSPS) is 14.7. The Labute approximate surface area is 185 Å². The predicted octanol–water partition coefficient (Wildman–Crippen LogP) is 4.42. The zero-order valence-electron chi connectivity index (χ0n) is 17.2. The third-order valence-electron chi connectivity index (χ3n) is 5.37. The lowest BCUT2D eigenvalue weighted by molar-refractivity contribution is 0.0374. The van der Waals surface area contributed by atoms with E-state index in [1.807, 2.05) is 36.4 Å². The maximum Gasteiger partial charge on any atom is 0.252 e. The molecule has 0 saturated carbocycles. The fourth-order valence-electron chi connectivity index (χ4n) is 3.76. The molecule has 3 aromatic rings. The summed E-state index contributed by atoms with van der Waals surface area (Å²) in [5.41, 5.74) is 4.47. The molecule has 1 fully saturated rings. The number of morpholine rings is 1. The molecule has 1 saturated heterocycles. The van der Waals surface area contributed by atoms with Crippen LogP contribution in [-0.2, 0) is 4.74 Å². The second-order valence-corrected chi connectivity index (χ2v) is 8.57. The highest BCUT2D eigenvalue weighted by atomic mass is 79.9. The molecule has 4 rings (SSSR count). The van der Waals surface area contributed by atoms with Gasteiger partial charge in [-0.3, -0.25) is 9.69 Å². The molecule has 5 nitrogen and oxygen atoms in total. The summed E-state index contributed by atoms with van der Waals surface area (Å²) in [6.45, 7) is 7.21. The SMILES string of the molecule is Cc1cccc(-c2cc(C(=O)NCCCN3CCOCC3)c3cc(Br)ccc3n2)c1. The van der Waals surface area contributed by atoms with Crippen molar-refractivity contribution in [3.8, 4) is 11.3 Å². The van der Waals surface area contributed by atoms with Crippen molar-refractivity contribution < 1.29 is 9.53 Å². The van der Waals surface area contributed by atoms with E-state index < -0.39 is 0 Å². The molecule has 156 valence electrons. The van der Waals surface area contributed by atoms with Crippen LogP contribution in [0.1, 0.15) is 22.3 Å². The summed E-state index contributed by atoms with van der Waals surface area (Å²) < 4.78 is 6.32. The van der Waals surface area contributed by atoms with Gasteiger partial charge in [0.2, 0.25) is 0 Å². The molecule has 2 aromatic carbocycles. The zero-order valence-corrected chi connectivity index (χ0v) is 18.7. The van der Waals surface area contributed by atoms with Crippen LogP contribution in [0.15, 0.2) is 53.0 Å². The van der Waals surface area contributed by atoms with Gasteiger partial charge in [0.15, 0.2) is 0 Å². The van der Waals surface area contributed by atoms with Crippen LogP contribution in [0.3, 0.4) is 0 Å². The second kappa shape index (κ2) is 9.69. The van der Waals surface area contributed by atoms with Crippen LogP contribution in [0.4, 0.5) is 0 Å². The molecule has 0 spiro atoms. The summed E-state index contributed by atoms with van der Waals surface area (Å²) in [4.78, 5) is 20.3. The molecule has 0 atom stereocenters. The number of ether oxygens (including phenoxy) is 1. The first-order chi connectivity index (χ1) is 14.6. The van der Waals surface area contributed by atoms with E-state index in [4.69, 9.17) is 9.72 Å². The molecule has 1 aliphatic heterocycles. The number of hydrogen-bond donors (Lipinski definition) is 1. The Balaban J connectivity index is 1.54. The van der Waals surface area contributed by atoms with Gasteiger partial charge < -0.3 is 10.1 Å². The lowest BCUT2D eigenvalue weighted by Gasteiger charge is -2.26. The first-order valence-corrected chi connectivity index (χ1v) is 11.1. The molecule has 0 unspecified atom stereocenters. The van der Waals surface area contributed by atoms with Crippen molar-refractivity contribution in [3.63, 3.8) is 0 Å². The van der Waals surface area contributed by atoms with E-state index in [0.717, 1.165) is 65.9 Å². The maximum atomic E-state index is 13.1. The molecule has 30 heavy (non-hydrogen) atoms. The fourth-order valence-corrected chi connectivity index (χ4v) is 4.12. The molecular weight excluding hydrogens is 442 g/mol. The van der Waals surface area contributed by atoms with Crippen molar-refractivity contribution >= 4 is 32.7 Å². The summed E-state index contributed by atoms with van der Waals surface area (Å²) in [6.07, 6.45) is 0.920. The van der Waals surface area contributed by atoms with E-state index >= 15 is 0 Å². The van der Waals surface area contributed by atoms with Crippen LogP contribution in [0.25, 0.3) is 22.2 Å². The molecule has 1 aromatic heterocycles. The van der Waals surface area contributed by atoms with Gasteiger partial charge in [-0.2, -0.15) is 0 Å². The van der Waals surface area contributed by atoms with Gasteiger partial charge in [-0.05, 0) is 50.2 Å². The minimum atomic E-state index is -0.0589. The number of carbonyl (C=O) groups excluding carboxylic acids is 1. The average molecular weight is 468 g/mol. The molecular formula is C24H26BrN3O2. The molecule has 2 heterocycles. The number of aromatic nitrogens is 1. The number of fused-ring (bicyclic) bond motifs is 1. The van der Waals surface area contributed by atoms with Crippen molar-refractivity contribution in [1.29, 1.82) is 0 Å². The standard InChI is InChI=1S/C24H26BrN3O2/c1-17-4-2-5-18(14-17)23-16-21(20-15-19(25)6-7-22(20)27-23)24(29)26-8-3-9-28-10-12-30-13-11-28/h2,4-7,14-16H,3,8-13H2,1H3,(H,26,29). The van der Waals surface area contributed by atoms with E-state index in [2.05, 4.69) is 45.2 Å². The minimum Gasteiger partial charge on any atom is -0.379 e. The summed E-state index contributed by atoms with van der Waals surface area (Å²) in [5, 5.41) is 3.95. The van der Waals surface area contributed by atoms with Gasteiger partial charge in [-0.15, -0.1) is 0 Å². The number of hydrogen-bond acceptors (Lipinski definition) is 4. The number of aryl methyl sites for hydroxylation is 1. The van der Waals surface area contributed by atoms with Crippen LogP contribution in [0, 0.1) is 6.92 Å². The first-order valence-electron chi connectivity index (χ1n) is 10.4. The third-order valence-corrected chi connectivity index (χ3v) is 5.86. The Morgan fingerprint density at radius 2 is 2.00 bits per heavy atom. The van der Waals surface area contributed by atoms with Crippen LogP contribution >= 0.6 is 15.9 Å². The third kappa shape index (κ3) is 5.06. The Morgan fingerprint density at radius 3 is 2.80 bits per heavy atom. The number of amides is 1. The Hall–Kier alpha value is -2.28. The van der Waals surface area contributed by atoms with Crippen molar-refractivity contribution in [3.05, 3.63) is 64.1 Å². The van der Waals surface area contributed by atoms with Crippen molar-refractivity contribution in [2.24, 2.45) is 0 Å². The monoisotopic (exact) mass is 467 g/mol. The number of nitrogens with one attached hydrogen (secondary N) is 1. The smallest absolute Gasteiger partial charge is 0.252 e. The molecule has 6 heteroatoms. The van der Waals surface area contributed by atoms with E-state index in [1.165, 1.54) is 5.56 Å². The van der Waals surface area contributed by atoms with E-state index in [1.54, 1.807) is 0 Å². The van der Waals surface area contributed by atoms with Gasteiger partial charge in [0, 0.05) is 35.1 Å². The fraction of sp³-hybridized carbons (Fsp3) is 0.333. The minimum absolute atomic E-state index is 0.0589. The number of benzene rings is 2. The molecule has 0 bridgehead atoms. The molecule has 0 radical (unpaired) electrons. The van der Waals surface area contributed by atoms with Crippen LogP contribution in [0.5, 0.6) is 0 Å². The lowest BCUT2D eigenvalue weighted by Crippen LogP contribution is -2.38. The highest BCUT2D eigenvalue weighted by Crippen LogP contribution is 2.27. The van der Waals surface area contributed by atoms with Crippen molar-refractivity contribution in [2.45, 2.75) is 13.3 Å². The van der Waals surface area contributed by atoms with E-state index in [0.29, 0.717) is 12.1 Å². The number of rotatable bonds is 6. The summed E-state index contributed by atoms with van der Waals surface area (Å²) in [6, 6.07) is 16.0. The molecule has 1 aliphatic rings. The molecule has 0 aliphatic carbocycles. The summed E-state index contributed by atoms with van der Waals surface area (Å²) in [7, 11) is 0. The van der Waals surface area contributed by atoms with Gasteiger partial charge in [-0.1, -0.05) is 39.7 Å². The van der Waals surface area contributed by atoms with E-state index in [9.17, 15) is 4.79 Å². The number of halogens is 1. The second-order valence-electron chi connectivity index (χ2n) is 7.65. The lowest BCUT2D eigenvalue weighted by atomic mass is 10.0. The Bertz CT molecular complexity index is 1050. The van der Waals surface area contributed by atoms with Crippen LogP contribution < -0.4 is 5.32 Å². The topological polar surface area (TPSA) is 54.5 Å². The van der Waals surface area contributed by atoms with Crippen molar-refractivity contribution in [2.75, 3.05) is 39.4 Å². The maximum absolute atomic E-state index is 13.1. The van der Waals surface area contributed by atoms with Crippen molar-refractivity contribution in [1.82, 2.24) is 15.2 Å². The number of pyridine rings is 1. The van der Waals surface area contributed by atoms with E-state index in [-0.39, 0.29) is 5.91 Å². The summed E-state index contributed by atoms with van der Waals surface area (Å²) in [5.74, 6) is -0.0589. The first kappa shape index (κ1) is 21.0. The van der Waals surface area contributed by atoms with Gasteiger partial charge in [0.25, 0.3) is 5.91 Å². The Morgan fingerprint density at radius 1 is 1.17 bits per heavy atom. The number of nitrogens with zero attached hydrogens (tertiary/aromatic N) is 2. The van der Waals surface area contributed by atoms with Crippen LogP contribution in [-0.4, -0.2) is 55.2 Å². The highest BCUT2D eigenvalue weighted by molar-refractivity contribution is 9.10. The van der Waals surface area contributed by atoms with Gasteiger partial charge in [0.05, 0.1) is 30.0 Å². The largest absolute Gasteiger partial charge is 0.379 e. The molecule has 1 N–H and O–H groups in total. The zero-order chi connectivity index (χ0) is 20.9. The average Bonchev–Trinajstić information content (AvgIpc) is 2.76. The number of carbonyl (C=O) groups is 1. The highest BCUT2D eigenvalue weighted by Gasteiger charge is 2.15. The Kier molecular flexibility index (Phi) is 6.77. The molecule has 1 amide bonds. The summed E-state index contributed by atoms with van der Waals surface area (Å²) >= 11 is 3.52. The van der Waals surface area contributed by atoms with Gasteiger partial charge in [-0.25, -0.2) is 4.98 Å². The van der Waals surface area contributed by atoms with Gasteiger partial charge >= 0.3 is 0 Å². The van der Waals surface area contributed by atoms with Crippen LogP contribution in [0.2, 0.25) is 0 Å². The quantitative estimate of drug-likeness (QED) is 0.544.